The van der Waals surface area contributed by atoms with Crippen LogP contribution >= 0.6 is 0 Å². The molecule has 130 valence electrons. The van der Waals surface area contributed by atoms with Gasteiger partial charge >= 0.3 is 0 Å². The molecule has 2 heterocycles. The van der Waals surface area contributed by atoms with E-state index in [0.717, 1.165) is 41.2 Å². The van der Waals surface area contributed by atoms with Crippen LogP contribution in [0.5, 0.6) is 11.5 Å². The Morgan fingerprint density at radius 2 is 2.04 bits per heavy atom. The second kappa shape index (κ2) is 6.75. The van der Waals surface area contributed by atoms with E-state index in [-0.39, 0.29) is 17.7 Å². The molecule has 25 heavy (non-hydrogen) atoms. The van der Waals surface area contributed by atoms with Crippen LogP contribution in [0.2, 0.25) is 0 Å². The third-order valence-corrected chi connectivity index (χ3v) is 4.81. The van der Waals surface area contributed by atoms with Crippen LogP contribution in [0.4, 0.5) is 0 Å². The molecule has 1 amide bonds. The SMILES string of the molecule is Cc1ccc(CCNC(=O)[C@H]2C[C@@H]2c2ccc3c(c2)OCCO3)cn1. The number of nitrogens with one attached hydrogen (secondary N) is 1. The number of pyridine rings is 1. The summed E-state index contributed by atoms with van der Waals surface area (Å²) in [6.07, 6.45) is 3.58. The Balaban J connectivity index is 1.29. The van der Waals surface area contributed by atoms with Gasteiger partial charge in [0, 0.05) is 24.4 Å². The minimum atomic E-state index is 0.0682. The Hall–Kier alpha value is -2.56. The van der Waals surface area contributed by atoms with E-state index in [2.05, 4.69) is 16.4 Å². The number of aryl methyl sites for hydroxylation is 1. The van der Waals surface area contributed by atoms with Crippen LogP contribution in [-0.4, -0.2) is 30.6 Å². The number of carbonyl (C=O) groups excluding carboxylic acids is 1. The average Bonchev–Trinajstić information content (AvgIpc) is 3.44. The van der Waals surface area contributed by atoms with E-state index in [4.69, 9.17) is 9.47 Å². The molecular weight excluding hydrogens is 316 g/mol. The number of carbonyl (C=O) groups is 1. The Labute approximate surface area is 147 Å². The van der Waals surface area contributed by atoms with Gasteiger partial charge in [0.05, 0.1) is 0 Å². The first-order valence-electron chi connectivity index (χ1n) is 8.79. The molecule has 1 aliphatic heterocycles. The summed E-state index contributed by atoms with van der Waals surface area (Å²) in [5.41, 5.74) is 3.31. The molecule has 0 spiro atoms. The first-order valence-corrected chi connectivity index (χ1v) is 8.79. The predicted molar refractivity (Wildman–Crippen MR) is 94.0 cm³/mol. The largest absolute Gasteiger partial charge is 0.486 e. The zero-order valence-corrected chi connectivity index (χ0v) is 14.3. The summed E-state index contributed by atoms with van der Waals surface area (Å²) in [4.78, 5) is 16.6. The van der Waals surface area contributed by atoms with E-state index in [1.54, 1.807) is 0 Å². The van der Waals surface area contributed by atoms with Crippen molar-refractivity contribution in [3.8, 4) is 11.5 Å². The average molecular weight is 338 g/mol. The summed E-state index contributed by atoms with van der Waals surface area (Å²) in [5, 5.41) is 3.05. The molecule has 4 rings (SSSR count). The number of hydrogen-bond acceptors (Lipinski definition) is 4. The Morgan fingerprint density at radius 1 is 1.20 bits per heavy atom. The maximum absolute atomic E-state index is 12.3. The highest BCUT2D eigenvalue weighted by molar-refractivity contribution is 5.83. The quantitative estimate of drug-likeness (QED) is 0.910. The molecule has 1 aromatic heterocycles. The smallest absolute Gasteiger partial charge is 0.223 e. The standard InChI is InChI=1S/C20H22N2O3/c1-13-2-3-14(12-22-13)6-7-21-20(23)17-11-16(17)15-4-5-18-19(10-15)25-9-8-24-18/h2-5,10,12,16-17H,6-9,11H2,1H3,(H,21,23)/t16-,17+/m1/s1. The van der Waals surface area contributed by atoms with Gasteiger partial charge in [-0.2, -0.15) is 0 Å². The summed E-state index contributed by atoms with van der Waals surface area (Å²) < 4.78 is 11.2. The molecule has 2 aliphatic rings. The highest BCUT2D eigenvalue weighted by atomic mass is 16.6. The number of fused-ring (bicyclic) bond motifs is 1. The van der Waals surface area contributed by atoms with Gasteiger partial charge in [-0.25, -0.2) is 0 Å². The molecule has 1 N–H and O–H groups in total. The van der Waals surface area contributed by atoms with Crippen LogP contribution in [0.15, 0.2) is 36.5 Å². The lowest BCUT2D eigenvalue weighted by Gasteiger charge is -2.18. The van der Waals surface area contributed by atoms with Gasteiger partial charge in [0.2, 0.25) is 5.91 Å². The fourth-order valence-electron chi connectivity index (χ4n) is 3.25. The second-order valence-corrected chi connectivity index (χ2v) is 6.70. The van der Waals surface area contributed by atoms with Crippen molar-refractivity contribution in [2.24, 2.45) is 5.92 Å². The van der Waals surface area contributed by atoms with Crippen LogP contribution in [-0.2, 0) is 11.2 Å². The number of ether oxygens (including phenoxy) is 2. The molecule has 1 fully saturated rings. The Kier molecular flexibility index (Phi) is 4.30. The maximum atomic E-state index is 12.3. The van der Waals surface area contributed by atoms with E-state index in [1.807, 2.05) is 37.4 Å². The van der Waals surface area contributed by atoms with Crippen molar-refractivity contribution in [2.75, 3.05) is 19.8 Å². The van der Waals surface area contributed by atoms with Gasteiger partial charge < -0.3 is 14.8 Å². The topological polar surface area (TPSA) is 60.5 Å². The molecule has 1 aliphatic carbocycles. The zero-order chi connectivity index (χ0) is 17.2. The number of aromatic nitrogens is 1. The Morgan fingerprint density at radius 3 is 2.84 bits per heavy atom. The van der Waals surface area contributed by atoms with Crippen LogP contribution in [0, 0.1) is 12.8 Å². The van der Waals surface area contributed by atoms with Gasteiger partial charge in [-0.1, -0.05) is 12.1 Å². The second-order valence-electron chi connectivity index (χ2n) is 6.70. The fraction of sp³-hybridized carbons (Fsp3) is 0.400. The van der Waals surface area contributed by atoms with Gasteiger partial charge in [0.25, 0.3) is 0 Å². The van der Waals surface area contributed by atoms with Gasteiger partial charge in [-0.3, -0.25) is 9.78 Å². The number of rotatable bonds is 5. The maximum Gasteiger partial charge on any atom is 0.223 e. The van der Waals surface area contributed by atoms with Gasteiger partial charge in [-0.15, -0.1) is 0 Å². The van der Waals surface area contributed by atoms with Crippen molar-refractivity contribution < 1.29 is 14.3 Å². The van der Waals surface area contributed by atoms with Crippen molar-refractivity contribution in [1.29, 1.82) is 0 Å². The summed E-state index contributed by atoms with van der Waals surface area (Å²) >= 11 is 0. The van der Waals surface area contributed by atoms with E-state index in [1.165, 1.54) is 0 Å². The van der Waals surface area contributed by atoms with E-state index in [0.29, 0.717) is 19.8 Å². The molecule has 5 heteroatoms. The number of benzene rings is 1. The fourth-order valence-corrected chi connectivity index (χ4v) is 3.25. The molecule has 1 aromatic carbocycles. The molecule has 0 unspecified atom stereocenters. The summed E-state index contributed by atoms with van der Waals surface area (Å²) in [7, 11) is 0. The summed E-state index contributed by atoms with van der Waals surface area (Å²) in [5.74, 6) is 2.08. The first-order chi connectivity index (χ1) is 12.2. The van der Waals surface area contributed by atoms with Crippen LogP contribution in [0.25, 0.3) is 0 Å². The van der Waals surface area contributed by atoms with Crippen molar-refractivity contribution in [3.63, 3.8) is 0 Å². The highest BCUT2D eigenvalue weighted by Crippen LogP contribution is 2.49. The molecule has 1 saturated carbocycles. The molecular formula is C20H22N2O3. The molecule has 0 radical (unpaired) electrons. The van der Waals surface area contributed by atoms with Crippen LogP contribution in [0.1, 0.15) is 29.2 Å². The lowest BCUT2D eigenvalue weighted by atomic mass is 10.1. The first kappa shape index (κ1) is 15.9. The number of hydrogen-bond donors (Lipinski definition) is 1. The summed E-state index contributed by atoms with van der Waals surface area (Å²) in [6, 6.07) is 10.1. The molecule has 2 atom stereocenters. The third-order valence-electron chi connectivity index (χ3n) is 4.81. The number of nitrogens with zero attached hydrogens (tertiary/aromatic N) is 1. The van der Waals surface area contributed by atoms with Crippen molar-refractivity contribution in [2.45, 2.75) is 25.7 Å². The van der Waals surface area contributed by atoms with Crippen LogP contribution < -0.4 is 14.8 Å². The van der Waals surface area contributed by atoms with Crippen molar-refractivity contribution >= 4 is 5.91 Å². The van der Waals surface area contributed by atoms with Crippen molar-refractivity contribution in [1.82, 2.24) is 10.3 Å². The van der Waals surface area contributed by atoms with Gasteiger partial charge in [0.15, 0.2) is 11.5 Å². The zero-order valence-electron chi connectivity index (χ0n) is 14.3. The molecule has 5 nitrogen and oxygen atoms in total. The van der Waals surface area contributed by atoms with Gasteiger partial charge in [-0.05, 0) is 55.0 Å². The van der Waals surface area contributed by atoms with Gasteiger partial charge in [0.1, 0.15) is 13.2 Å². The normalized spacial score (nSPS) is 20.8. The minimum Gasteiger partial charge on any atom is -0.486 e. The lowest BCUT2D eigenvalue weighted by molar-refractivity contribution is -0.122. The monoisotopic (exact) mass is 338 g/mol. The van der Waals surface area contributed by atoms with E-state index < -0.39 is 0 Å². The van der Waals surface area contributed by atoms with Crippen LogP contribution in [0.3, 0.4) is 0 Å². The Bertz CT molecular complexity index is 773. The van der Waals surface area contributed by atoms with E-state index >= 15 is 0 Å². The molecule has 2 aromatic rings. The summed E-state index contributed by atoms with van der Waals surface area (Å²) in [6.45, 7) is 3.79. The highest BCUT2D eigenvalue weighted by Gasteiger charge is 2.44. The minimum absolute atomic E-state index is 0.0682. The molecule has 0 bridgehead atoms. The van der Waals surface area contributed by atoms with Crippen molar-refractivity contribution in [3.05, 3.63) is 53.3 Å². The molecule has 0 saturated heterocycles. The number of amides is 1. The van der Waals surface area contributed by atoms with E-state index in [9.17, 15) is 4.79 Å². The lowest BCUT2D eigenvalue weighted by Crippen LogP contribution is -2.27. The predicted octanol–water partition coefficient (Wildman–Crippen LogP) is 2.62. The third kappa shape index (κ3) is 3.60.